The molecule has 0 saturated heterocycles. The molecule has 0 aliphatic rings. The highest BCUT2D eigenvalue weighted by Gasteiger charge is 2.08. The molecule has 0 unspecified atom stereocenters. The maximum atomic E-state index is 12.2. The van der Waals surface area contributed by atoms with Crippen LogP contribution in [-0.4, -0.2) is 12.5 Å². The van der Waals surface area contributed by atoms with Crippen LogP contribution in [0.1, 0.15) is 30.1 Å². The number of carbonyl (C=O) groups is 1. The molecule has 0 atom stereocenters. The predicted molar refractivity (Wildman–Crippen MR) is 91.3 cm³/mol. The molecule has 2 aromatic rings. The zero-order chi connectivity index (χ0) is 15.9. The van der Waals surface area contributed by atoms with Gasteiger partial charge in [-0.2, -0.15) is 0 Å². The molecule has 0 aromatic heterocycles. The van der Waals surface area contributed by atoms with Crippen LogP contribution in [0.3, 0.4) is 0 Å². The Hall–Kier alpha value is -1.71. The molecule has 0 aliphatic carbocycles. The van der Waals surface area contributed by atoms with Gasteiger partial charge in [0.25, 0.3) is 5.91 Å². The van der Waals surface area contributed by atoms with Crippen molar-refractivity contribution in [2.24, 2.45) is 0 Å². The highest BCUT2D eigenvalue weighted by atomic mass is 35.5. The van der Waals surface area contributed by atoms with E-state index < -0.39 is 0 Å². The molecular formula is C17H17Cl2NO2. The Labute approximate surface area is 140 Å². The first-order chi connectivity index (χ1) is 10.6. The van der Waals surface area contributed by atoms with Gasteiger partial charge in [0.05, 0.1) is 16.7 Å². The molecular weight excluding hydrogens is 321 g/mol. The monoisotopic (exact) mass is 337 g/mol. The normalized spacial score (nSPS) is 10.3. The lowest BCUT2D eigenvalue weighted by molar-refractivity contribution is 0.102. The number of anilines is 1. The van der Waals surface area contributed by atoms with Crippen molar-refractivity contribution in [1.29, 1.82) is 0 Å². The summed E-state index contributed by atoms with van der Waals surface area (Å²) >= 11 is 11.8. The van der Waals surface area contributed by atoms with E-state index in [2.05, 4.69) is 12.2 Å². The quantitative estimate of drug-likeness (QED) is 0.714. The third-order valence-electron chi connectivity index (χ3n) is 3.04. The van der Waals surface area contributed by atoms with Gasteiger partial charge in [0, 0.05) is 11.3 Å². The number of amides is 1. The minimum atomic E-state index is -0.223. The Bertz CT molecular complexity index is 659. The van der Waals surface area contributed by atoms with Gasteiger partial charge in [0.2, 0.25) is 0 Å². The molecule has 1 N–H and O–H groups in total. The van der Waals surface area contributed by atoms with Crippen LogP contribution in [0.5, 0.6) is 5.75 Å². The van der Waals surface area contributed by atoms with Crippen LogP contribution in [0.4, 0.5) is 5.69 Å². The summed E-state index contributed by atoms with van der Waals surface area (Å²) < 4.78 is 5.60. The van der Waals surface area contributed by atoms with Gasteiger partial charge in [-0.15, -0.1) is 0 Å². The van der Waals surface area contributed by atoms with E-state index in [0.29, 0.717) is 33.7 Å². The average molecular weight is 338 g/mol. The molecule has 2 aromatic carbocycles. The Morgan fingerprint density at radius 1 is 1.14 bits per heavy atom. The number of carbonyl (C=O) groups excluding carboxylic acids is 1. The molecule has 0 fully saturated rings. The van der Waals surface area contributed by atoms with Crippen LogP contribution in [0, 0.1) is 0 Å². The molecule has 0 saturated carbocycles. The summed E-state index contributed by atoms with van der Waals surface area (Å²) in [5.74, 6) is 0.467. The summed E-state index contributed by atoms with van der Waals surface area (Å²) in [6.07, 6.45) is 2.05. The van der Waals surface area contributed by atoms with Gasteiger partial charge in [-0.05, 0) is 42.8 Å². The largest absolute Gasteiger partial charge is 0.494 e. The number of nitrogens with one attached hydrogen (secondary N) is 1. The summed E-state index contributed by atoms with van der Waals surface area (Å²) in [5, 5.41) is 3.63. The first-order valence-electron chi connectivity index (χ1n) is 7.09. The van der Waals surface area contributed by atoms with E-state index in [1.54, 1.807) is 36.4 Å². The van der Waals surface area contributed by atoms with E-state index in [-0.39, 0.29) is 5.91 Å². The number of ether oxygens (including phenoxy) is 1. The third-order valence-corrected chi connectivity index (χ3v) is 3.78. The second-order valence-corrected chi connectivity index (χ2v) is 5.63. The second-order valence-electron chi connectivity index (χ2n) is 4.81. The zero-order valence-corrected chi connectivity index (χ0v) is 13.7. The SMILES string of the molecule is CCCCOc1cccc(C(=O)Nc2ccc(Cl)c(Cl)c2)c1. The van der Waals surface area contributed by atoms with Gasteiger partial charge in [0.1, 0.15) is 5.75 Å². The summed E-state index contributed by atoms with van der Waals surface area (Å²) in [5.41, 5.74) is 1.12. The summed E-state index contributed by atoms with van der Waals surface area (Å²) in [4.78, 5) is 12.2. The van der Waals surface area contributed by atoms with Crippen LogP contribution < -0.4 is 10.1 Å². The molecule has 0 radical (unpaired) electrons. The van der Waals surface area contributed by atoms with Crippen molar-refractivity contribution in [2.75, 3.05) is 11.9 Å². The van der Waals surface area contributed by atoms with Crippen LogP contribution in [-0.2, 0) is 0 Å². The first-order valence-corrected chi connectivity index (χ1v) is 7.85. The maximum Gasteiger partial charge on any atom is 0.255 e. The lowest BCUT2D eigenvalue weighted by Gasteiger charge is -2.09. The molecule has 22 heavy (non-hydrogen) atoms. The minimum Gasteiger partial charge on any atom is -0.494 e. The minimum absolute atomic E-state index is 0.223. The highest BCUT2D eigenvalue weighted by molar-refractivity contribution is 6.42. The van der Waals surface area contributed by atoms with Gasteiger partial charge in [-0.3, -0.25) is 4.79 Å². The van der Waals surface area contributed by atoms with Gasteiger partial charge < -0.3 is 10.1 Å². The lowest BCUT2D eigenvalue weighted by atomic mass is 10.2. The van der Waals surface area contributed by atoms with Gasteiger partial charge in [-0.1, -0.05) is 42.6 Å². The average Bonchev–Trinajstić information content (AvgIpc) is 2.51. The van der Waals surface area contributed by atoms with Crippen molar-refractivity contribution in [3.63, 3.8) is 0 Å². The number of unbranched alkanes of at least 4 members (excludes halogenated alkanes) is 1. The fourth-order valence-electron chi connectivity index (χ4n) is 1.84. The topological polar surface area (TPSA) is 38.3 Å². The van der Waals surface area contributed by atoms with Gasteiger partial charge >= 0.3 is 0 Å². The molecule has 116 valence electrons. The van der Waals surface area contributed by atoms with Crippen LogP contribution >= 0.6 is 23.2 Å². The Morgan fingerprint density at radius 3 is 2.68 bits per heavy atom. The molecule has 5 heteroatoms. The maximum absolute atomic E-state index is 12.2. The number of halogens is 2. The highest BCUT2D eigenvalue weighted by Crippen LogP contribution is 2.25. The predicted octanol–water partition coefficient (Wildman–Crippen LogP) is 5.42. The van der Waals surface area contributed by atoms with Crippen molar-refractivity contribution >= 4 is 34.8 Å². The lowest BCUT2D eigenvalue weighted by Crippen LogP contribution is -2.12. The molecule has 0 aliphatic heterocycles. The van der Waals surface area contributed by atoms with Crippen molar-refractivity contribution in [3.8, 4) is 5.75 Å². The van der Waals surface area contributed by atoms with E-state index in [1.807, 2.05) is 6.07 Å². The fourth-order valence-corrected chi connectivity index (χ4v) is 2.14. The van der Waals surface area contributed by atoms with Crippen LogP contribution in [0.2, 0.25) is 10.0 Å². The molecule has 3 nitrogen and oxygen atoms in total. The Balaban J connectivity index is 2.05. The third kappa shape index (κ3) is 4.65. The summed E-state index contributed by atoms with van der Waals surface area (Å²) in [7, 11) is 0. The van der Waals surface area contributed by atoms with E-state index in [9.17, 15) is 4.79 Å². The van der Waals surface area contributed by atoms with Crippen molar-refractivity contribution < 1.29 is 9.53 Å². The number of benzene rings is 2. The van der Waals surface area contributed by atoms with Crippen molar-refractivity contribution in [2.45, 2.75) is 19.8 Å². The van der Waals surface area contributed by atoms with Gasteiger partial charge in [-0.25, -0.2) is 0 Å². The zero-order valence-electron chi connectivity index (χ0n) is 12.2. The van der Waals surface area contributed by atoms with E-state index >= 15 is 0 Å². The smallest absolute Gasteiger partial charge is 0.255 e. The first kappa shape index (κ1) is 16.7. The molecule has 2 rings (SSSR count). The number of rotatable bonds is 6. The molecule has 0 spiro atoms. The van der Waals surface area contributed by atoms with Gasteiger partial charge in [0.15, 0.2) is 0 Å². The second kappa shape index (κ2) is 8.06. The van der Waals surface area contributed by atoms with Crippen molar-refractivity contribution in [1.82, 2.24) is 0 Å². The van der Waals surface area contributed by atoms with E-state index in [0.717, 1.165) is 12.8 Å². The summed E-state index contributed by atoms with van der Waals surface area (Å²) in [6.45, 7) is 2.75. The number of hydrogen-bond acceptors (Lipinski definition) is 2. The Morgan fingerprint density at radius 2 is 1.95 bits per heavy atom. The van der Waals surface area contributed by atoms with Crippen molar-refractivity contribution in [3.05, 3.63) is 58.1 Å². The molecule has 0 bridgehead atoms. The Kier molecular flexibility index (Phi) is 6.10. The van der Waals surface area contributed by atoms with E-state index in [4.69, 9.17) is 27.9 Å². The van der Waals surface area contributed by atoms with Crippen LogP contribution in [0.15, 0.2) is 42.5 Å². The molecule has 0 heterocycles. The van der Waals surface area contributed by atoms with E-state index in [1.165, 1.54) is 0 Å². The summed E-state index contributed by atoms with van der Waals surface area (Å²) in [6, 6.07) is 12.1. The standard InChI is InChI=1S/C17H17Cl2NO2/c1-2-3-9-22-14-6-4-5-12(10-14)17(21)20-13-7-8-15(18)16(19)11-13/h4-8,10-11H,2-3,9H2,1H3,(H,20,21). The van der Waals surface area contributed by atoms with Crippen LogP contribution in [0.25, 0.3) is 0 Å². The fraction of sp³-hybridized carbons (Fsp3) is 0.235. The molecule has 1 amide bonds. The number of hydrogen-bond donors (Lipinski definition) is 1.